The zero-order valence-electron chi connectivity index (χ0n) is 10.9. The summed E-state index contributed by atoms with van der Waals surface area (Å²) >= 11 is 0. The number of benzene rings is 1. The molecule has 1 aromatic heterocycles. The number of carboxylic acid groups (broad SMARTS) is 1. The molecule has 0 fully saturated rings. The van der Waals surface area contributed by atoms with Crippen molar-refractivity contribution in [3.63, 3.8) is 0 Å². The van der Waals surface area contributed by atoms with E-state index in [1.807, 2.05) is 30.3 Å². The molecule has 0 saturated carbocycles. The van der Waals surface area contributed by atoms with E-state index in [0.29, 0.717) is 6.61 Å². The first-order valence-corrected chi connectivity index (χ1v) is 6.25. The minimum atomic E-state index is -0.937. The number of ether oxygens (including phenoxy) is 1. The summed E-state index contributed by atoms with van der Waals surface area (Å²) in [5.74, 6) is -0.714. The standard InChI is InChI=1S/C15H15NO4/c17-14(18)8-10-16-9-4-7-13(15(16)19)20-11-12-5-2-1-3-6-12/h1-7,9H,8,10-11H2,(H,17,18). The molecule has 2 aromatic rings. The van der Waals surface area contributed by atoms with E-state index >= 15 is 0 Å². The number of aromatic nitrogens is 1. The number of nitrogens with zero attached hydrogens (tertiary/aromatic N) is 1. The predicted molar refractivity (Wildman–Crippen MR) is 73.7 cm³/mol. The van der Waals surface area contributed by atoms with Gasteiger partial charge in [-0.1, -0.05) is 30.3 Å². The molecule has 1 heterocycles. The molecule has 20 heavy (non-hydrogen) atoms. The van der Waals surface area contributed by atoms with E-state index in [-0.39, 0.29) is 24.3 Å². The molecule has 0 radical (unpaired) electrons. The van der Waals surface area contributed by atoms with Crippen molar-refractivity contribution in [2.75, 3.05) is 0 Å². The number of aliphatic carboxylic acids is 1. The van der Waals surface area contributed by atoms with Crippen LogP contribution in [0.3, 0.4) is 0 Å². The van der Waals surface area contributed by atoms with Crippen molar-refractivity contribution in [3.8, 4) is 5.75 Å². The number of pyridine rings is 1. The van der Waals surface area contributed by atoms with Crippen LogP contribution in [0.1, 0.15) is 12.0 Å². The van der Waals surface area contributed by atoms with Crippen molar-refractivity contribution >= 4 is 5.97 Å². The van der Waals surface area contributed by atoms with Crippen molar-refractivity contribution < 1.29 is 14.6 Å². The summed E-state index contributed by atoms with van der Waals surface area (Å²) in [5, 5.41) is 8.64. The maximum atomic E-state index is 12.0. The molecule has 0 spiro atoms. The van der Waals surface area contributed by atoms with E-state index in [1.165, 1.54) is 4.57 Å². The Morgan fingerprint density at radius 3 is 2.60 bits per heavy atom. The second-order valence-electron chi connectivity index (χ2n) is 4.29. The van der Waals surface area contributed by atoms with Crippen LogP contribution >= 0.6 is 0 Å². The van der Waals surface area contributed by atoms with Crippen LogP contribution in [0.15, 0.2) is 53.5 Å². The van der Waals surface area contributed by atoms with Crippen LogP contribution in [0.5, 0.6) is 5.75 Å². The van der Waals surface area contributed by atoms with E-state index in [9.17, 15) is 9.59 Å². The molecule has 0 aliphatic heterocycles. The number of carboxylic acids is 1. The van der Waals surface area contributed by atoms with Gasteiger partial charge in [0.1, 0.15) is 6.61 Å². The lowest BCUT2D eigenvalue weighted by Gasteiger charge is -2.08. The Labute approximate surface area is 116 Å². The molecular formula is C15H15NO4. The molecule has 0 atom stereocenters. The fourth-order valence-corrected chi connectivity index (χ4v) is 1.75. The van der Waals surface area contributed by atoms with Gasteiger partial charge in [0.25, 0.3) is 5.56 Å². The average molecular weight is 273 g/mol. The first kappa shape index (κ1) is 13.9. The summed E-state index contributed by atoms with van der Waals surface area (Å²) in [5.41, 5.74) is 0.650. The Kier molecular flexibility index (Phi) is 4.55. The molecule has 0 aliphatic carbocycles. The van der Waals surface area contributed by atoms with Gasteiger partial charge in [-0.2, -0.15) is 0 Å². The number of rotatable bonds is 6. The minimum Gasteiger partial charge on any atom is -0.483 e. The molecule has 1 N–H and O–H groups in total. The Bertz CT molecular complexity index is 634. The van der Waals surface area contributed by atoms with Crippen molar-refractivity contribution in [1.29, 1.82) is 0 Å². The molecule has 5 heteroatoms. The fourth-order valence-electron chi connectivity index (χ4n) is 1.75. The third kappa shape index (κ3) is 3.71. The maximum Gasteiger partial charge on any atom is 0.305 e. The summed E-state index contributed by atoms with van der Waals surface area (Å²) in [6.45, 7) is 0.440. The topological polar surface area (TPSA) is 68.5 Å². The molecule has 104 valence electrons. The zero-order valence-corrected chi connectivity index (χ0v) is 10.9. The largest absolute Gasteiger partial charge is 0.483 e. The van der Waals surface area contributed by atoms with Crippen LogP contribution in [0.25, 0.3) is 0 Å². The van der Waals surface area contributed by atoms with Crippen LogP contribution in [0, 0.1) is 0 Å². The summed E-state index contributed by atoms with van der Waals surface area (Å²) in [6.07, 6.45) is 1.46. The summed E-state index contributed by atoms with van der Waals surface area (Å²) < 4.78 is 6.83. The molecule has 0 saturated heterocycles. The molecule has 5 nitrogen and oxygen atoms in total. The lowest BCUT2D eigenvalue weighted by atomic mass is 10.2. The lowest BCUT2D eigenvalue weighted by molar-refractivity contribution is -0.137. The number of aryl methyl sites for hydroxylation is 1. The van der Waals surface area contributed by atoms with Gasteiger partial charge >= 0.3 is 5.97 Å². The summed E-state index contributed by atoms with van der Waals surface area (Å²) in [4.78, 5) is 22.6. The number of hydrogen-bond acceptors (Lipinski definition) is 3. The van der Waals surface area contributed by atoms with Crippen LogP contribution in [-0.2, 0) is 17.9 Å². The summed E-state index contributed by atoms with van der Waals surface area (Å²) in [6, 6.07) is 12.8. The highest BCUT2D eigenvalue weighted by atomic mass is 16.5. The fraction of sp³-hybridized carbons (Fsp3) is 0.200. The van der Waals surface area contributed by atoms with Gasteiger partial charge in [-0.25, -0.2) is 0 Å². The molecule has 2 rings (SSSR count). The predicted octanol–water partition coefficient (Wildman–Crippen LogP) is 1.90. The average Bonchev–Trinajstić information content (AvgIpc) is 2.46. The molecule has 0 amide bonds. The van der Waals surface area contributed by atoms with Gasteiger partial charge in [-0.3, -0.25) is 9.59 Å². The number of carbonyl (C=O) groups is 1. The van der Waals surface area contributed by atoms with Gasteiger partial charge in [0.2, 0.25) is 0 Å². The molecule has 0 bridgehead atoms. The Balaban J connectivity index is 2.07. The lowest BCUT2D eigenvalue weighted by Crippen LogP contribution is -2.22. The van der Waals surface area contributed by atoms with Crippen molar-refractivity contribution in [3.05, 3.63) is 64.6 Å². The van der Waals surface area contributed by atoms with Crippen LogP contribution in [0.2, 0.25) is 0 Å². The monoisotopic (exact) mass is 273 g/mol. The first-order valence-electron chi connectivity index (χ1n) is 6.25. The highest BCUT2D eigenvalue weighted by molar-refractivity contribution is 5.66. The Morgan fingerprint density at radius 2 is 1.90 bits per heavy atom. The van der Waals surface area contributed by atoms with Crippen molar-refractivity contribution in [2.45, 2.75) is 19.6 Å². The van der Waals surface area contributed by atoms with E-state index in [4.69, 9.17) is 9.84 Å². The molecular weight excluding hydrogens is 258 g/mol. The zero-order chi connectivity index (χ0) is 14.4. The Morgan fingerprint density at radius 1 is 1.15 bits per heavy atom. The first-order chi connectivity index (χ1) is 9.66. The van der Waals surface area contributed by atoms with E-state index in [0.717, 1.165) is 5.56 Å². The Hall–Kier alpha value is -2.56. The second-order valence-corrected chi connectivity index (χ2v) is 4.29. The highest BCUT2D eigenvalue weighted by Crippen LogP contribution is 2.07. The molecule has 0 unspecified atom stereocenters. The minimum absolute atomic E-state index is 0.0952. The van der Waals surface area contributed by atoms with E-state index in [1.54, 1.807) is 18.3 Å². The third-order valence-corrected chi connectivity index (χ3v) is 2.79. The van der Waals surface area contributed by atoms with Gasteiger partial charge in [0, 0.05) is 12.7 Å². The maximum absolute atomic E-state index is 12.0. The van der Waals surface area contributed by atoms with Gasteiger partial charge < -0.3 is 14.4 Å². The quantitative estimate of drug-likeness (QED) is 0.872. The van der Waals surface area contributed by atoms with Crippen molar-refractivity contribution in [2.24, 2.45) is 0 Å². The normalized spacial score (nSPS) is 10.2. The highest BCUT2D eigenvalue weighted by Gasteiger charge is 2.06. The summed E-state index contributed by atoms with van der Waals surface area (Å²) in [7, 11) is 0. The second kappa shape index (κ2) is 6.56. The van der Waals surface area contributed by atoms with E-state index < -0.39 is 5.97 Å². The molecule has 1 aromatic carbocycles. The van der Waals surface area contributed by atoms with Crippen LogP contribution in [0.4, 0.5) is 0 Å². The van der Waals surface area contributed by atoms with Gasteiger partial charge in [0.05, 0.1) is 6.42 Å². The van der Waals surface area contributed by atoms with E-state index in [2.05, 4.69) is 0 Å². The van der Waals surface area contributed by atoms with Crippen molar-refractivity contribution in [1.82, 2.24) is 4.57 Å². The van der Waals surface area contributed by atoms with Crippen LogP contribution in [-0.4, -0.2) is 15.6 Å². The third-order valence-electron chi connectivity index (χ3n) is 2.79. The number of hydrogen-bond donors (Lipinski definition) is 1. The van der Waals surface area contributed by atoms with Gasteiger partial charge in [-0.15, -0.1) is 0 Å². The molecule has 0 aliphatic rings. The van der Waals surface area contributed by atoms with Gasteiger partial charge in [-0.05, 0) is 17.7 Å². The van der Waals surface area contributed by atoms with Crippen LogP contribution < -0.4 is 10.3 Å². The van der Waals surface area contributed by atoms with Gasteiger partial charge in [0.15, 0.2) is 5.75 Å². The smallest absolute Gasteiger partial charge is 0.305 e. The SMILES string of the molecule is O=C(O)CCn1cccc(OCc2ccccc2)c1=O.